The Morgan fingerprint density at radius 3 is 2.56 bits per heavy atom. The molecular weight excluding hydrogens is 444 g/mol. The highest BCUT2D eigenvalue weighted by atomic mass is 35.5. The van der Waals surface area contributed by atoms with Gasteiger partial charge in [-0.2, -0.15) is 0 Å². The van der Waals surface area contributed by atoms with E-state index in [-0.39, 0.29) is 5.91 Å². The summed E-state index contributed by atoms with van der Waals surface area (Å²) in [4.78, 5) is 23.4. The van der Waals surface area contributed by atoms with Crippen molar-refractivity contribution in [1.29, 1.82) is 0 Å². The van der Waals surface area contributed by atoms with Crippen LogP contribution in [0.3, 0.4) is 0 Å². The molecule has 2 heterocycles. The first kappa shape index (κ1) is 22.1. The molecule has 0 spiro atoms. The van der Waals surface area contributed by atoms with Crippen molar-refractivity contribution in [3.8, 4) is 5.69 Å². The SMILES string of the molecule is CCCc1nc(C)n2c1C(NC(=O)c1cccc(Cl)c1)N=C(c1ccccc1)c1ccccc1-2. The van der Waals surface area contributed by atoms with Crippen LogP contribution >= 0.6 is 11.6 Å². The number of nitrogens with zero attached hydrogens (tertiary/aromatic N) is 3. The van der Waals surface area contributed by atoms with Crippen LogP contribution in [0.1, 0.15) is 58.2 Å². The van der Waals surface area contributed by atoms with Gasteiger partial charge in [0.1, 0.15) is 5.82 Å². The lowest BCUT2D eigenvalue weighted by Gasteiger charge is -2.18. The predicted octanol–water partition coefficient (Wildman–Crippen LogP) is 6.07. The van der Waals surface area contributed by atoms with Gasteiger partial charge >= 0.3 is 0 Å². The van der Waals surface area contributed by atoms with E-state index in [4.69, 9.17) is 21.6 Å². The van der Waals surface area contributed by atoms with Crippen LogP contribution in [-0.4, -0.2) is 21.2 Å². The second kappa shape index (κ2) is 9.27. The topological polar surface area (TPSA) is 59.3 Å². The van der Waals surface area contributed by atoms with Crippen LogP contribution in [0.5, 0.6) is 0 Å². The molecule has 6 heteroatoms. The quantitative estimate of drug-likeness (QED) is 0.386. The van der Waals surface area contributed by atoms with Gasteiger partial charge in [0.15, 0.2) is 6.17 Å². The summed E-state index contributed by atoms with van der Waals surface area (Å²) in [5, 5.41) is 3.68. The minimum Gasteiger partial charge on any atom is -0.325 e. The predicted molar refractivity (Wildman–Crippen MR) is 136 cm³/mol. The van der Waals surface area contributed by atoms with Crippen molar-refractivity contribution in [2.45, 2.75) is 32.9 Å². The molecule has 0 aliphatic carbocycles. The molecule has 1 unspecified atom stereocenters. The molecule has 5 rings (SSSR count). The fraction of sp³-hybridized carbons (Fsp3) is 0.179. The molecule has 0 radical (unpaired) electrons. The second-order valence-corrected chi connectivity index (χ2v) is 8.76. The number of benzene rings is 3. The first-order valence-corrected chi connectivity index (χ1v) is 11.8. The van der Waals surface area contributed by atoms with E-state index in [1.165, 1.54) is 0 Å². The lowest BCUT2D eigenvalue weighted by atomic mass is 10.0. The number of halogens is 1. The highest BCUT2D eigenvalue weighted by Crippen LogP contribution is 2.33. The van der Waals surface area contributed by atoms with E-state index in [1.54, 1.807) is 24.3 Å². The summed E-state index contributed by atoms with van der Waals surface area (Å²) in [5.74, 6) is 0.639. The molecule has 5 nitrogen and oxygen atoms in total. The van der Waals surface area contributed by atoms with Crippen LogP contribution in [-0.2, 0) is 6.42 Å². The van der Waals surface area contributed by atoms with Crippen molar-refractivity contribution >= 4 is 23.2 Å². The highest BCUT2D eigenvalue weighted by molar-refractivity contribution is 6.31. The second-order valence-electron chi connectivity index (χ2n) is 8.32. The summed E-state index contributed by atoms with van der Waals surface area (Å²) < 4.78 is 2.14. The average Bonchev–Trinajstić information content (AvgIpc) is 3.09. The Labute approximate surface area is 204 Å². The summed E-state index contributed by atoms with van der Waals surface area (Å²) in [6.45, 7) is 4.13. The smallest absolute Gasteiger partial charge is 0.253 e. The van der Waals surface area contributed by atoms with Crippen molar-refractivity contribution in [3.63, 3.8) is 0 Å². The van der Waals surface area contributed by atoms with Gasteiger partial charge in [-0.1, -0.05) is 79.5 Å². The fourth-order valence-electron chi connectivity index (χ4n) is 4.50. The number of amides is 1. The van der Waals surface area contributed by atoms with E-state index in [2.05, 4.69) is 28.9 Å². The van der Waals surface area contributed by atoms with Gasteiger partial charge in [0, 0.05) is 21.7 Å². The molecular formula is C28H25ClN4O. The number of aliphatic imine (C=N–C) groups is 1. The highest BCUT2D eigenvalue weighted by Gasteiger charge is 2.30. The number of aromatic nitrogens is 2. The van der Waals surface area contributed by atoms with Gasteiger partial charge in [0.25, 0.3) is 5.91 Å². The van der Waals surface area contributed by atoms with Gasteiger partial charge in [-0.05, 0) is 37.6 Å². The number of nitrogens with one attached hydrogen (secondary N) is 1. The molecule has 0 saturated carbocycles. The van der Waals surface area contributed by atoms with Crippen LogP contribution < -0.4 is 5.32 Å². The van der Waals surface area contributed by atoms with Gasteiger partial charge in [-0.15, -0.1) is 0 Å². The lowest BCUT2D eigenvalue weighted by Crippen LogP contribution is -2.29. The molecule has 0 bridgehead atoms. The largest absolute Gasteiger partial charge is 0.325 e. The molecule has 34 heavy (non-hydrogen) atoms. The number of aryl methyl sites for hydroxylation is 2. The number of carbonyl (C=O) groups excluding carboxylic acids is 1. The molecule has 1 aromatic heterocycles. The Morgan fingerprint density at radius 2 is 1.79 bits per heavy atom. The Hall–Kier alpha value is -3.70. The van der Waals surface area contributed by atoms with E-state index in [0.29, 0.717) is 10.6 Å². The molecule has 1 amide bonds. The summed E-state index contributed by atoms with van der Waals surface area (Å²) in [6, 6.07) is 25.2. The molecule has 1 aliphatic heterocycles. The zero-order valence-electron chi connectivity index (χ0n) is 19.1. The molecule has 1 N–H and O–H groups in total. The molecule has 170 valence electrons. The Kier molecular flexibility index (Phi) is 6.03. The minimum atomic E-state index is -0.614. The van der Waals surface area contributed by atoms with Crippen molar-refractivity contribution in [2.75, 3.05) is 0 Å². The van der Waals surface area contributed by atoms with E-state index < -0.39 is 6.17 Å². The number of fused-ring (bicyclic) bond motifs is 3. The summed E-state index contributed by atoms with van der Waals surface area (Å²) >= 11 is 6.15. The van der Waals surface area contributed by atoms with E-state index >= 15 is 0 Å². The van der Waals surface area contributed by atoms with Gasteiger partial charge in [-0.25, -0.2) is 4.98 Å². The van der Waals surface area contributed by atoms with Crippen molar-refractivity contribution in [2.24, 2.45) is 4.99 Å². The average molecular weight is 469 g/mol. The van der Waals surface area contributed by atoms with Crippen LogP contribution in [0.25, 0.3) is 5.69 Å². The van der Waals surface area contributed by atoms with Crippen LogP contribution in [0.2, 0.25) is 5.02 Å². The van der Waals surface area contributed by atoms with Gasteiger partial charge < -0.3 is 5.32 Å². The molecule has 3 aromatic carbocycles. The van der Waals surface area contributed by atoms with Crippen molar-refractivity contribution < 1.29 is 4.79 Å². The van der Waals surface area contributed by atoms with Crippen LogP contribution in [0.4, 0.5) is 0 Å². The third kappa shape index (κ3) is 4.03. The minimum absolute atomic E-state index is 0.234. The molecule has 4 aromatic rings. The Morgan fingerprint density at radius 1 is 1.03 bits per heavy atom. The normalized spacial score (nSPS) is 14.6. The zero-order valence-corrected chi connectivity index (χ0v) is 19.9. The third-order valence-corrected chi connectivity index (χ3v) is 6.20. The fourth-order valence-corrected chi connectivity index (χ4v) is 4.69. The Bertz CT molecular complexity index is 1390. The van der Waals surface area contributed by atoms with Gasteiger partial charge in [0.2, 0.25) is 0 Å². The number of hydrogen-bond donors (Lipinski definition) is 1. The monoisotopic (exact) mass is 468 g/mol. The lowest BCUT2D eigenvalue weighted by molar-refractivity contribution is 0.0937. The van der Waals surface area contributed by atoms with Crippen LogP contribution in [0.15, 0.2) is 83.9 Å². The number of hydrogen-bond acceptors (Lipinski definition) is 3. The number of para-hydroxylation sites is 1. The standard InChI is InChI=1S/C28H25ClN4O/c1-3-10-23-26-27(32-28(34)20-13-9-14-21(29)17-20)31-25(19-11-5-4-6-12-19)22-15-7-8-16-24(22)33(26)18(2)30-23/h4-9,11-17,27H,3,10H2,1-2H3,(H,32,34). The van der Waals surface area contributed by atoms with Crippen LogP contribution in [0, 0.1) is 6.92 Å². The number of rotatable bonds is 5. The number of carbonyl (C=O) groups is 1. The summed E-state index contributed by atoms with van der Waals surface area (Å²) in [6.07, 6.45) is 1.12. The maximum Gasteiger partial charge on any atom is 0.253 e. The van der Waals surface area contributed by atoms with Crippen molar-refractivity contribution in [1.82, 2.24) is 14.9 Å². The number of imidazole rings is 1. The van der Waals surface area contributed by atoms with E-state index in [0.717, 1.165) is 52.6 Å². The first-order valence-electron chi connectivity index (χ1n) is 11.4. The first-order chi connectivity index (χ1) is 16.6. The molecule has 1 atom stereocenters. The summed E-state index contributed by atoms with van der Waals surface area (Å²) in [7, 11) is 0. The molecule has 0 saturated heterocycles. The van der Waals surface area contributed by atoms with E-state index in [9.17, 15) is 4.79 Å². The third-order valence-electron chi connectivity index (χ3n) is 5.96. The van der Waals surface area contributed by atoms with Gasteiger partial charge in [0.05, 0.1) is 22.8 Å². The zero-order chi connectivity index (χ0) is 23.7. The van der Waals surface area contributed by atoms with E-state index in [1.807, 2.05) is 49.4 Å². The Balaban J connectivity index is 1.72. The molecule has 1 aliphatic rings. The summed E-state index contributed by atoms with van der Waals surface area (Å²) in [5.41, 5.74) is 6.16. The van der Waals surface area contributed by atoms with Crippen molar-refractivity contribution in [3.05, 3.63) is 118 Å². The molecule has 0 fully saturated rings. The van der Waals surface area contributed by atoms with Gasteiger partial charge in [-0.3, -0.25) is 14.4 Å². The maximum atomic E-state index is 13.3. The maximum absolute atomic E-state index is 13.3.